The van der Waals surface area contributed by atoms with Crippen LogP contribution in [0.3, 0.4) is 0 Å². The molecule has 1 aromatic rings. The average Bonchev–Trinajstić information content (AvgIpc) is 2.59. The van der Waals surface area contributed by atoms with Crippen LogP contribution < -0.4 is 5.32 Å². The first-order chi connectivity index (χ1) is 8.04. The van der Waals surface area contributed by atoms with Gasteiger partial charge in [0.25, 0.3) is 0 Å². The topological polar surface area (TPSA) is 29.9 Å². The van der Waals surface area contributed by atoms with Crippen molar-refractivity contribution in [3.05, 3.63) is 22.7 Å². The summed E-state index contributed by atoms with van der Waals surface area (Å²) in [5.41, 5.74) is 1.34. The van der Waals surface area contributed by atoms with Crippen molar-refractivity contribution in [1.82, 2.24) is 14.9 Å². The summed E-state index contributed by atoms with van der Waals surface area (Å²) in [4.78, 5) is 4.27. The van der Waals surface area contributed by atoms with Gasteiger partial charge in [0.05, 0.1) is 6.20 Å². The Morgan fingerprint density at radius 3 is 2.76 bits per heavy atom. The van der Waals surface area contributed by atoms with Gasteiger partial charge in [0.15, 0.2) is 0 Å². The molecule has 0 aromatic carbocycles. The monoisotopic (exact) mass is 255 g/mol. The molecule has 0 saturated carbocycles. The van der Waals surface area contributed by atoms with Crippen LogP contribution in [0.5, 0.6) is 0 Å². The molecule has 0 aliphatic heterocycles. The molecule has 0 fully saturated rings. The molecule has 0 spiro atoms. The minimum atomic E-state index is 0.668. The van der Waals surface area contributed by atoms with Gasteiger partial charge in [-0.05, 0) is 25.0 Å². The molecule has 0 atom stereocenters. The minimum absolute atomic E-state index is 0.668. The summed E-state index contributed by atoms with van der Waals surface area (Å²) in [5, 5.41) is 4.11. The van der Waals surface area contributed by atoms with Crippen LogP contribution >= 0.6 is 11.6 Å². The summed E-state index contributed by atoms with van der Waals surface area (Å²) in [6.07, 6.45) is 4.82. The van der Waals surface area contributed by atoms with E-state index in [4.69, 9.17) is 11.6 Å². The van der Waals surface area contributed by atoms with E-state index in [2.05, 4.69) is 37.1 Å². The fourth-order valence-corrected chi connectivity index (χ4v) is 1.65. The number of imidazole rings is 1. The zero-order valence-electron chi connectivity index (χ0n) is 11.1. The standard InChI is InChI=1S/C13H22ClN3/c1-5-11(8-15-7-10(2)3)6-13-16-9-12(14)17(13)4/h6,9-10,15H,5,7-8H2,1-4H3/b11-6-. The molecule has 0 radical (unpaired) electrons. The van der Waals surface area contributed by atoms with Gasteiger partial charge in [-0.25, -0.2) is 4.98 Å². The highest BCUT2D eigenvalue weighted by atomic mass is 35.5. The van der Waals surface area contributed by atoms with Crippen molar-refractivity contribution in [3.63, 3.8) is 0 Å². The van der Waals surface area contributed by atoms with Crippen molar-refractivity contribution in [2.24, 2.45) is 13.0 Å². The van der Waals surface area contributed by atoms with Gasteiger partial charge < -0.3 is 9.88 Å². The van der Waals surface area contributed by atoms with Gasteiger partial charge in [0.2, 0.25) is 0 Å². The molecule has 0 unspecified atom stereocenters. The quantitative estimate of drug-likeness (QED) is 0.847. The van der Waals surface area contributed by atoms with Gasteiger partial charge in [-0.2, -0.15) is 0 Å². The molecule has 0 bridgehead atoms. The molecule has 1 heterocycles. The third-order valence-corrected chi connectivity index (χ3v) is 3.01. The lowest BCUT2D eigenvalue weighted by atomic mass is 10.1. The van der Waals surface area contributed by atoms with E-state index in [1.165, 1.54) is 5.57 Å². The Balaban J connectivity index is 2.63. The van der Waals surface area contributed by atoms with Gasteiger partial charge in [-0.3, -0.25) is 0 Å². The van der Waals surface area contributed by atoms with Crippen molar-refractivity contribution in [2.75, 3.05) is 13.1 Å². The summed E-state index contributed by atoms with van der Waals surface area (Å²) in [6.45, 7) is 8.53. The number of hydrogen-bond donors (Lipinski definition) is 1. The molecular weight excluding hydrogens is 234 g/mol. The summed E-state index contributed by atoms with van der Waals surface area (Å²) >= 11 is 5.96. The Hall–Kier alpha value is -0.800. The van der Waals surface area contributed by atoms with E-state index >= 15 is 0 Å². The van der Waals surface area contributed by atoms with Crippen LogP contribution in [0.2, 0.25) is 5.15 Å². The third-order valence-electron chi connectivity index (χ3n) is 2.66. The normalized spacial score (nSPS) is 12.5. The number of nitrogens with zero attached hydrogens (tertiary/aromatic N) is 2. The fraction of sp³-hybridized carbons (Fsp3) is 0.615. The predicted molar refractivity (Wildman–Crippen MR) is 74.2 cm³/mol. The molecule has 0 amide bonds. The fourth-order valence-electron chi connectivity index (χ4n) is 1.52. The smallest absolute Gasteiger partial charge is 0.133 e. The van der Waals surface area contributed by atoms with E-state index < -0.39 is 0 Å². The number of hydrogen-bond acceptors (Lipinski definition) is 2. The molecule has 4 heteroatoms. The lowest BCUT2D eigenvalue weighted by Gasteiger charge is -2.09. The highest BCUT2D eigenvalue weighted by Gasteiger charge is 2.03. The van der Waals surface area contributed by atoms with Crippen LogP contribution in [0.1, 0.15) is 33.0 Å². The van der Waals surface area contributed by atoms with E-state index in [1.807, 2.05) is 11.6 Å². The predicted octanol–water partition coefficient (Wildman–Crippen LogP) is 3.11. The van der Waals surface area contributed by atoms with E-state index in [0.717, 1.165) is 25.3 Å². The Kier molecular flexibility index (Phi) is 5.72. The first-order valence-electron chi connectivity index (χ1n) is 6.12. The van der Waals surface area contributed by atoms with Crippen LogP contribution in [-0.4, -0.2) is 22.6 Å². The molecule has 1 rings (SSSR count). The van der Waals surface area contributed by atoms with Gasteiger partial charge in [-0.1, -0.05) is 37.9 Å². The highest BCUT2D eigenvalue weighted by molar-refractivity contribution is 6.29. The maximum atomic E-state index is 5.96. The van der Waals surface area contributed by atoms with Crippen LogP contribution in [-0.2, 0) is 7.05 Å². The van der Waals surface area contributed by atoms with Gasteiger partial charge in [0, 0.05) is 13.6 Å². The Morgan fingerprint density at radius 1 is 1.59 bits per heavy atom. The second-order valence-electron chi connectivity index (χ2n) is 4.68. The first-order valence-corrected chi connectivity index (χ1v) is 6.49. The zero-order valence-corrected chi connectivity index (χ0v) is 11.9. The highest BCUT2D eigenvalue weighted by Crippen LogP contribution is 2.13. The van der Waals surface area contributed by atoms with E-state index in [9.17, 15) is 0 Å². The second-order valence-corrected chi connectivity index (χ2v) is 5.07. The van der Waals surface area contributed by atoms with Crippen LogP contribution in [0.4, 0.5) is 0 Å². The maximum Gasteiger partial charge on any atom is 0.133 e. The molecule has 96 valence electrons. The lowest BCUT2D eigenvalue weighted by molar-refractivity contribution is 0.569. The summed E-state index contributed by atoms with van der Waals surface area (Å²) in [6, 6.07) is 0. The van der Waals surface area contributed by atoms with E-state index in [1.54, 1.807) is 6.20 Å². The number of halogens is 1. The Labute approximate surface area is 109 Å². The molecule has 0 aliphatic rings. The van der Waals surface area contributed by atoms with E-state index in [0.29, 0.717) is 11.1 Å². The van der Waals surface area contributed by atoms with Crippen LogP contribution in [0.25, 0.3) is 6.08 Å². The number of nitrogens with one attached hydrogen (secondary N) is 1. The molecular formula is C13H22ClN3. The Bertz CT molecular complexity index is 380. The molecule has 1 N–H and O–H groups in total. The SMILES string of the molecule is CC/C(=C/c1ncc(Cl)n1C)CNCC(C)C. The molecule has 1 aromatic heterocycles. The van der Waals surface area contributed by atoms with E-state index in [-0.39, 0.29) is 0 Å². The second kappa shape index (κ2) is 6.82. The Morgan fingerprint density at radius 2 is 2.29 bits per heavy atom. The van der Waals surface area contributed by atoms with Gasteiger partial charge in [-0.15, -0.1) is 0 Å². The largest absolute Gasteiger partial charge is 0.319 e. The molecule has 3 nitrogen and oxygen atoms in total. The van der Waals surface area contributed by atoms with Crippen molar-refractivity contribution < 1.29 is 0 Å². The summed E-state index contributed by atoms with van der Waals surface area (Å²) in [5.74, 6) is 1.59. The average molecular weight is 256 g/mol. The summed E-state index contributed by atoms with van der Waals surface area (Å²) < 4.78 is 1.89. The van der Waals surface area contributed by atoms with Crippen LogP contribution in [0, 0.1) is 5.92 Å². The molecule has 0 saturated heterocycles. The summed E-state index contributed by atoms with van der Waals surface area (Å²) in [7, 11) is 1.93. The molecule has 17 heavy (non-hydrogen) atoms. The minimum Gasteiger partial charge on any atom is -0.319 e. The maximum absolute atomic E-state index is 5.96. The van der Waals surface area contributed by atoms with Gasteiger partial charge in [0.1, 0.15) is 11.0 Å². The van der Waals surface area contributed by atoms with Crippen molar-refractivity contribution >= 4 is 17.7 Å². The van der Waals surface area contributed by atoms with Crippen molar-refractivity contribution in [2.45, 2.75) is 27.2 Å². The molecule has 0 aliphatic carbocycles. The number of rotatable bonds is 6. The van der Waals surface area contributed by atoms with Gasteiger partial charge >= 0.3 is 0 Å². The van der Waals surface area contributed by atoms with Crippen molar-refractivity contribution in [1.29, 1.82) is 0 Å². The lowest BCUT2D eigenvalue weighted by Crippen LogP contribution is -2.22. The third kappa shape index (κ3) is 4.52. The zero-order chi connectivity index (χ0) is 12.8. The number of aromatic nitrogens is 2. The first kappa shape index (κ1) is 14.3. The van der Waals surface area contributed by atoms with Crippen molar-refractivity contribution in [3.8, 4) is 0 Å². The van der Waals surface area contributed by atoms with Crippen LogP contribution in [0.15, 0.2) is 11.8 Å².